The van der Waals surface area contributed by atoms with Gasteiger partial charge in [-0.25, -0.2) is 4.98 Å². The molecule has 0 spiro atoms. The van der Waals surface area contributed by atoms with Crippen molar-refractivity contribution >= 4 is 18.1 Å². The predicted octanol–water partition coefficient (Wildman–Crippen LogP) is 2.96. The molecule has 1 aliphatic rings. The molecule has 0 amide bonds. The molecule has 1 unspecified atom stereocenters. The van der Waals surface area contributed by atoms with Crippen LogP contribution in [0.5, 0.6) is 5.75 Å². The molecule has 0 bridgehead atoms. The number of nitrogens with zero attached hydrogens (tertiary/aromatic N) is 5. The number of hydrogen-bond acceptors (Lipinski definition) is 7. The molecule has 0 saturated carbocycles. The lowest BCUT2D eigenvalue weighted by Gasteiger charge is -2.30. The average Bonchev–Trinajstić information content (AvgIpc) is 3.40. The minimum Gasteiger partial charge on any atom is -0.487 e. The fraction of sp³-hybridized carbons (Fsp3) is 0.286. The molecule has 1 saturated heterocycles. The van der Waals surface area contributed by atoms with E-state index in [1.54, 1.807) is 0 Å². The number of hydrogen-bond donors (Lipinski definition) is 1. The maximum atomic E-state index is 5.94. The second-order valence-corrected chi connectivity index (χ2v) is 7.17. The smallest absolute Gasteiger partial charge is 0.258 e. The van der Waals surface area contributed by atoms with Crippen LogP contribution in [0.4, 0.5) is 0 Å². The molecule has 8 nitrogen and oxygen atoms in total. The molecule has 0 aliphatic carbocycles. The van der Waals surface area contributed by atoms with E-state index in [2.05, 4.69) is 32.4 Å². The third kappa shape index (κ3) is 4.16. The van der Waals surface area contributed by atoms with Crippen LogP contribution in [0.15, 0.2) is 59.4 Å². The van der Waals surface area contributed by atoms with Crippen molar-refractivity contribution in [3.63, 3.8) is 0 Å². The number of ether oxygens (including phenoxy) is 1. The van der Waals surface area contributed by atoms with E-state index in [4.69, 9.17) is 9.26 Å². The van der Waals surface area contributed by atoms with E-state index < -0.39 is 0 Å². The minimum absolute atomic E-state index is 0. The second kappa shape index (κ2) is 8.83. The molecule has 0 radical (unpaired) electrons. The monoisotopic (exact) mass is 426 g/mol. The zero-order valence-electron chi connectivity index (χ0n) is 16.6. The van der Waals surface area contributed by atoms with Crippen molar-refractivity contribution in [2.75, 3.05) is 26.7 Å². The maximum Gasteiger partial charge on any atom is 0.258 e. The highest BCUT2D eigenvalue weighted by atomic mass is 35.5. The van der Waals surface area contributed by atoms with Gasteiger partial charge in [-0.2, -0.15) is 4.98 Å². The number of aromatic nitrogens is 4. The Bertz CT molecular complexity index is 1090. The Morgan fingerprint density at radius 1 is 1.20 bits per heavy atom. The molecule has 3 aromatic heterocycles. The van der Waals surface area contributed by atoms with Gasteiger partial charge >= 0.3 is 0 Å². The molecule has 4 aromatic rings. The van der Waals surface area contributed by atoms with Gasteiger partial charge in [-0.3, -0.25) is 4.90 Å². The maximum absolute atomic E-state index is 5.94. The van der Waals surface area contributed by atoms with E-state index in [1.165, 1.54) is 0 Å². The predicted molar refractivity (Wildman–Crippen MR) is 115 cm³/mol. The van der Waals surface area contributed by atoms with Crippen LogP contribution in [0.2, 0.25) is 0 Å². The number of rotatable bonds is 5. The van der Waals surface area contributed by atoms with Crippen molar-refractivity contribution in [2.24, 2.45) is 0 Å². The van der Waals surface area contributed by atoms with Gasteiger partial charge in [-0.1, -0.05) is 17.3 Å². The summed E-state index contributed by atoms with van der Waals surface area (Å²) in [5, 5.41) is 7.57. The van der Waals surface area contributed by atoms with Crippen LogP contribution in [-0.2, 0) is 6.61 Å². The van der Waals surface area contributed by atoms with Crippen LogP contribution in [0.1, 0.15) is 17.6 Å². The first-order chi connectivity index (χ1) is 14.3. The quantitative estimate of drug-likeness (QED) is 0.525. The Morgan fingerprint density at radius 3 is 3.00 bits per heavy atom. The van der Waals surface area contributed by atoms with E-state index in [0.717, 1.165) is 42.3 Å². The summed E-state index contributed by atoms with van der Waals surface area (Å²) in [6.45, 7) is 3.14. The van der Waals surface area contributed by atoms with Crippen LogP contribution in [0, 0.1) is 0 Å². The summed E-state index contributed by atoms with van der Waals surface area (Å²) in [5.41, 5.74) is 2.61. The van der Waals surface area contributed by atoms with E-state index in [0.29, 0.717) is 18.3 Å². The second-order valence-electron chi connectivity index (χ2n) is 7.17. The molecule has 1 aliphatic heterocycles. The zero-order valence-corrected chi connectivity index (χ0v) is 17.4. The van der Waals surface area contributed by atoms with Gasteiger partial charge in [-0.15, -0.1) is 12.4 Å². The Labute approximate surface area is 180 Å². The van der Waals surface area contributed by atoms with Crippen LogP contribution >= 0.6 is 12.4 Å². The van der Waals surface area contributed by atoms with Gasteiger partial charge in [0.15, 0.2) is 5.82 Å². The fourth-order valence-electron chi connectivity index (χ4n) is 3.51. The normalized spacial score (nSPS) is 17.0. The van der Waals surface area contributed by atoms with Gasteiger partial charge in [0.1, 0.15) is 18.0 Å². The molecule has 1 atom stereocenters. The molecule has 4 heterocycles. The zero-order chi connectivity index (χ0) is 19.6. The first kappa shape index (κ1) is 20.3. The van der Waals surface area contributed by atoms with Crippen molar-refractivity contribution in [1.82, 2.24) is 29.7 Å². The summed E-state index contributed by atoms with van der Waals surface area (Å²) in [5.74, 6) is 1.93. The Balaban J connectivity index is 0.00000218. The van der Waals surface area contributed by atoms with Gasteiger partial charge in [-0.05, 0) is 37.4 Å². The van der Waals surface area contributed by atoms with E-state index in [-0.39, 0.29) is 18.4 Å². The van der Waals surface area contributed by atoms with Crippen LogP contribution in [0.3, 0.4) is 0 Å². The van der Waals surface area contributed by atoms with Crippen molar-refractivity contribution in [3.05, 3.63) is 66.4 Å². The Morgan fingerprint density at radius 2 is 2.13 bits per heavy atom. The topological polar surface area (TPSA) is 80.7 Å². The summed E-state index contributed by atoms with van der Waals surface area (Å²) in [4.78, 5) is 11.4. The number of benzene rings is 1. The van der Waals surface area contributed by atoms with Gasteiger partial charge in [0.25, 0.3) is 5.89 Å². The molecule has 1 fully saturated rings. The van der Waals surface area contributed by atoms with Crippen LogP contribution < -0.4 is 10.1 Å². The number of piperazine rings is 1. The first-order valence-electron chi connectivity index (χ1n) is 9.67. The summed E-state index contributed by atoms with van der Waals surface area (Å²) in [7, 11) is 2.08. The van der Waals surface area contributed by atoms with Gasteiger partial charge in [0, 0.05) is 37.6 Å². The van der Waals surface area contributed by atoms with E-state index in [9.17, 15) is 0 Å². The lowest BCUT2D eigenvalue weighted by Crippen LogP contribution is -2.44. The third-order valence-electron chi connectivity index (χ3n) is 5.13. The fourth-order valence-corrected chi connectivity index (χ4v) is 3.51. The molecular formula is C21H23ClN6O2. The van der Waals surface area contributed by atoms with Gasteiger partial charge in [0.2, 0.25) is 0 Å². The highest BCUT2D eigenvalue weighted by Crippen LogP contribution is 2.26. The molecular weight excluding hydrogens is 404 g/mol. The average molecular weight is 427 g/mol. The third-order valence-corrected chi connectivity index (χ3v) is 5.13. The van der Waals surface area contributed by atoms with E-state index in [1.807, 2.05) is 59.3 Å². The number of likely N-dealkylation sites (N-methyl/N-ethyl adjacent to an activating group) is 1. The molecule has 1 N–H and O–H groups in total. The van der Waals surface area contributed by atoms with Crippen LogP contribution in [0.25, 0.3) is 17.1 Å². The largest absolute Gasteiger partial charge is 0.487 e. The number of imidazole rings is 1. The molecule has 9 heteroatoms. The standard InChI is InChI=1S/C21H22N6O2.ClH/c1-26-10-8-22-12-18(26)20-24-21(29-25-20)15-5-4-6-17(11-15)28-14-16-13-27-9-3-2-7-19(27)23-16;/h2-7,9,11,13,18,22H,8,10,12,14H2,1H3;1H. The Hall–Kier alpha value is -2.94. The first-order valence-corrected chi connectivity index (χ1v) is 9.67. The highest BCUT2D eigenvalue weighted by Gasteiger charge is 2.25. The van der Waals surface area contributed by atoms with Crippen molar-refractivity contribution < 1.29 is 9.26 Å². The number of fused-ring (bicyclic) bond motifs is 1. The number of halogens is 1. The molecule has 5 rings (SSSR count). The molecule has 30 heavy (non-hydrogen) atoms. The van der Waals surface area contributed by atoms with Gasteiger partial charge in [0.05, 0.1) is 11.7 Å². The summed E-state index contributed by atoms with van der Waals surface area (Å²) >= 11 is 0. The van der Waals surface area contributed by atoms with Gasteiger partial charge < -0.3 is 19.0 Å². The lowest BCUT2D eigenvalue weighted by molar-refractivity contribution is 0.190. The minimum atomic E-state index is 0. The number of nitrogens with one attached hydrogen (secondary N) is 1. The lowest BCUT2D eigenvalue weighted by atomic mass is 10.2. The SMILES string of the molecule is CN1CCNCC1c1noc(-c2cccc(OCc3cn4ccccc4n3)c2)n1.Cl. The van der Waals surface area contributed by atoms with Crippen molar-refractivity contribution in [1.29, 1.82) is 0 Å². The van der Waals surface area contributed by atoms with Crippen LogP contribution in [-0.4, -0.2) is 51.1 Å². The number of pyridine rings is 1. The highest BCUT2D eigenvalue weighted by molar-refractivity contribution is 5.85. The molecule has 156 valence electrons. The summed E-state index contributed by atoms with van der Waals surface area (Å²) in [6, 6.07) is 13.7. The van der Waals surface area contributed by atoms with E-state index >= 15 is 0 Å². The van der Waals surface area contributed by atoms with Crippen molar-refractivity contribution in [3.8, 4) is 17.2 Å². The van der Waals surface area contributed by atoms with Crippen molar-refractivity contribution in [2.45, 2.75) is 12.6 Å². The summed E-state index contributed by atoms with van der Waals surface area (Å²) < 4.78 is 13.4. The Kier molecular flexibility index (Phi) is 5.98. The molecule has 1 aromatic carbocycles. The summed E-state index contributed by atoms with van der Waals surface area (Å²) in [6.07, 6.45) is 3.94.